The zero-order chi connectivity index (χ0) is 13.2. The number of carbonyl (C=O) groups is 1. The first-order valence-electron chi connectivity index (χ1n) is 5.90. The van der Waals surface area contributed by atoms with E-state index in [0.29, 0.717) is 5.56 Å². The van der Waals surface area contributed by atoms with E-state index in [1.807, 2.05) is 6.92 Å². The minimum atomic E-state index is -0.343. The van der Waals surface area contributed by atoms with Gasteiger partial charge >= 0.3 is 5.97 Å². The van der Waals surface area contributed by atoms with Gasteiger partial charge in [-0.15, -0.1) is 0 Å². The van der Waals surface area contributed by atoms with Gasteiger partial charge in [0.05, 0.1) is 12.7 Å². The van der Waals surface area contributed by atoms with Crippen molar-refractivity contribution in [3.63, 3.8) is 0 Å². The molecule has 0 aliphatic heterocycles. The van der Waals surface area contributed by atoms with Gasteiger partial charge in [-0.1, -0.05) is 18.8 Å². The molecule has 2 rings (SSSR count). The van der Waals surface area contributed by atoms with Crippen molar-refractivity contribution in [3.8, 4) is 11.8 Å². The Bertz CT molecular complexity index is 507. The highest BCUT2D eigenvalue weighted by Gasteiger charge is 2.48. The summed E-state index contributed by atoms with van der Waals surface area (Å²) < 4.78 is 4.62. The van der Waals surface area contributed by atoms with Gasteiger partial charge in [0.15, 0.2) is 0 Å². The first-order chi connectivity index (χ1) is 8.59. The summed E-state index contributed by atoms with van der Waals surface area (Å²) >= 11 is 0. The Morgan fingerprint density at radius 2 is 2.17 bits per heavy atom. The van der Waals surface area contributed by atoms with Crippen molar-refractivity contribution in [2.75, 3.05) is 13.7 Å². The van der Waals surface area contributed by atoms with Crippen LogP contribution in [0, 0.1) is 23.2 Å². The Morgan fingerprint density at radius 1 is 1.50 bits per heavy atom. The first kappa shape index (κ1) is 12.7. The van der Waals surface area contributed by atoms with E-state index in [-0.39, 0.29) is 23.9 Å². The van der Waals surface area contributed by atoms with Gasteiger partial charge in [-0.3, -0.25) is 0 Å². The quantitative estimate of drug-likeness (QED) is 0.638. The minimum Gasteiger partial charge on any atom is -0.465 e. The standard InChI is InChI=1S/C15H16O3/c1-15(10-16)9-13(15)8-5-11-3-6-12(7-4-11)14(17)18-2/h3-4,6-7,13,16H,9-10H2,1-2H3/t13-,15+/m1/s1. The number of methoxy groups -OCH3 is 1. The molecule has 0 amide bonds. The van der Waals surface area contributed by atoms with E-state index in [1.54, 1.807) is 24.3 Å². The number of hydrogen-bond donors (Lipinski definition) is 1. The molecule has 0 spiro atoms. The number of aliphatic hydroxyl groups excluding tert-OH is 1. The van der Waals surface area contributed by atoms with Gasteiger partial charge in [0.1, 0.15) is 0 Å². The van der Waals surface area contributed by atoms with E-state index in [4.69, 9.17) is 5.11 Å². The van der Waals surface area contributed by atoms with E-state index < -0.39 is 0 Å². The molecule has 1 fully saturated rings. The van der Waals surface area contributed by atoms with Crippen molar-refractivity contribution in [1.82, 2.24) is 0 Å². The van der Waals surface area contributed by atoms with Crippen molar-refractivity contribution in [2.45, 2.75) is 13.3 Å². The smallest absolute Gasteiger partial charge is 0.337 e. The maximum atomic E-state index is 11.2. The lowest BCUT2D eigenvalue weighted by Gasteiger charge is -2.00. The molecule has 0 unspecified atom stereocenters. The molecule has 1 saturated carbocycles. The molecule has 1 N–H and O–H groups in total. The van der Waals surface area contributed by atoms with Crippen LogP contribution in [0.25, 0.3) is 0 Å². The predicted octanol–water partition coefficient (Wildman–Crippen LogP) is 1.84. The van der Waals surface area contributed by atoms with Gasteiger partial charge in [0.2, 0.25) is 0 Å². The van der Waals surface area contributed by atoms with E-state index in [9.17, 15) is 4.79 Å². The number of carbonyl (C=O) groups excluding carboxylic acids is 1. The summed E-state index contributed by atoms with van der Waals surface area (Å²) in [5.74, 6) is 6.16. The molecule has 3 nitrogen and oxygen atoms in total. The third kappa shape index (κ3) is 2.55. The lowest BCUT2D eigenvalue weighted by Crippen LogP contribution is -2.02. The first-order valence-corrected chi connectivity index (χ1v) is 5.90. The molecule has 3 heteroatoms. The van der Waals surface area contributed by atoms with Gasteiger partial charge in [-0.05, 0) is 30.7 Å². The highest BCUT2D eigenvalue weighted by molar-refractivity contribution is 5.89. The van der Waals surface area contributed by atoms with E-state index >= 15 is 0 Å². The van der Waals surface area contributed by atoms with Crippen LogP contribution in [0.3, 0.4) is 0 Å². The molecular weight excluding hydrogens is 228 g/mol. The van der Waals surface area contributed by atoms with Crippen LogP contribution in [0.5, 0.6) is 0 Å². The molecular formula is C15H16O3. The largest absolute Gasteiger partial charge is 0.465 e. The zero-order valence-electron chi connectivity index (χ0n) is 10.6. The van der Waals surface area contributed by atoms with Crippen molar-refractivity contribution in [3.05, 3.63) is 35.4 Å². The van der Waals surface area contributed by atoms with Gasteiger partial charge in [-0.2, -0.15) is 0 Å². The lowest BCUT2D eigenvalue weighted by molar-refractivity contribution is 0.0600. The van der Waals surface area contributed by atoms with Gasteiger partial charge in [0.25, 0.3) is 0 Å². The van der Waals surface area contributed by atoms with E-state index in [1.165, 1.54) is 7.11 Å². The van der Waals surface area contributed by atoms with E-state index in [2.05, 4.69) is 16.6 Å². The topological polar surface area (TPSA) is 46.5 Å². The molecule has 0 bridgehead atoms. The third-order valence-electron chi connectivity index (χ3n) is 3.41. The fourth-order valence-corrected chi connectivity index (χ4v) is 1.79. The fraction of sp³-hybridized carbons (Fsp3) is 0.400. The van der Waals surface area contributed by atoms with Crippen molar-refractivity contribution >= 4 is 5.97 Å². The number of rotatable bonds is 2. The van der Waals surface area contributed by atoms with Crippen LogP contribution in [-0.2, 0) is 4.74 Å². The van der Waals surface area contributed by atoms with Gasteiger partial charge in [-0.25, -0.2) is 4.79 Å². The number of hydrogen-bond acceptors (Lipinski definition) is 3. The second kappa shape index (κ2) is 4.83. The summed E-state index contributed by atoms with van der Waals surface area (Å²) in [6.07, 6.45) is 0.955. The monoisotopic (exact) mass is 244 g/mol. The highest BCUT2D eigenvalue weighted by Crippen LogP contribution is 2.51. The van der Waals surface area contributed by atoms with Crippen LogP contribution >= 0.6 is 0 Å². The second-order valence-corrected chi connectivity index (χ2v) is 4.91. The van der Waals surface area contributed by atoms with Gasteiger partial charge in [0, 0.05) is 23.5 Å². The summed E-state index contributed by atoms with van der Waals surface area (Å²) in [7, 11) is 1.36. The van der Waals surface area contributed by atoms with Crippen molar-refractivity contribution < 1.29 is 14.6 Å². The molecule has 0 saturated heterocycles. The Balaban J connectivity index is 2.04. The molecule has 0 aromatic heterocycles. The maximum absolute atomic E-state index is 11.2. The van der Waals surface area contributed by atoms with Crippen LogP contribution < -0.4 is 0 Å². The minimum absolute atomic E-state index is 0.0149. The van der Waals surface area contributed by atoms with E-state index in [0.717, 1.165) is 12.0 Å². The molecule has 1 aromatic rings. The SMILES string of the molecule is COC(=O)c1ccc(C#C[C@@H]2C[C@@]2(C)CO)cc1. The molecule has 1 aliphatic carbocycles. The summed E-state index contributed by atoms with van der Waals surface area (Å²) in [4.78, 5) is 11.2. The third-order valence-corrected chi connectivity index (χ3v) is 3.41. The molecule has 18 heavy (non-hydrogen) atoms. The molecule has 94 valence electrons. The Hall–Kier alpha value is -1.79. The van der Waals surface area contributed by atoms with Gasteiger partial charge < -0.3 is 9.84 Å². The Kier molecular flexibility index (Phi) is 3.40. The normalized spacial score (nSPS) is 24.9. The zero-order valence-corrected chi connectivity index (χ0v) is 10.6. The maximum Gasteiger partial charge on any atom is 0.337 e. The molecule has 2 atom stereocenters. The summed E-state index contributed by atoms with van der Waals surface area (Å²) in [5.41, 5.74) is 1.38. The number of ether oxygens (including phenoxy) is 1. The van der Waals surface area contributed by atoms with Crippen LogP contribution in [0.2, 0.25) is 0 Å². The van der Waals surface area contributed by atoms with Crippen LogP contribution in [-0.4, -0.2) is 24.8 Å². The molecule has 0 radical (unpaired) electrons. The number of benzene rings is 1. The molecule has 0 heterocycles. The Morgan fingerprint density at radius 3 is 2.67 bits per heavy atom. The number of esters is 1. The summed E-state index contributed by atoms with van der Waals surface area (Å²) in [6.45, 7) is 2.22. The highest BCUT2D eigenvalue weighted by atomic mass is 16.5. The average Bonchev–Trinajstić information content (AvgIpc) is 3.08. The number of aliphatic hydroxyl groups is 1. The van der Waals surface area contributed by atoms with Crippen LogP contribution in [0.15, 0.2) is 24.3 Å². The second-order valence-electron chi connectivity index (χ2n) is 4.91. The van der Waals surface area contributed by atoms with Crippen molar-refractivity contribution in [1.29, 1.82) is 0 Å². The Labute approximate surface area is 107 Å². The van der Waals surface area contributed by atoms with Crippen LogP contribution in [0.4, 0.5) is 0 Å². The average molecular weight is 244 g/mol. The predicted molar refractivity (Wildman–Crippen MR) is 68.0 cm³/mol. The fourth-order valence-electron chi connectivity index (χ4n) is 1.79. The summed E-state index contributed by atoms with van der Waals surface area (Å²) in [5, 5.41) is 9.14. The molecule has 1 aromatic carbocycles. The molecule has 1 aliphatic rings. The summed E-state index contributed by atoms with van der Waals surface area (Å²) in [6, 6.07) is 7.01. The van der Waals surface area contributed by atoms with Crippen LogP contribution in [0.1, 0.15) is 29.3 Å². The lowest BCUT2D eigenvalue weighted by atomic mass is 10.1. The van der Waals surface area contributed by atoms with Crippen molar-refractivity contribution in [2.24, 2.45) is 11.3 Å².